The Balaban J connectivity index is 0.000000280. The van der Waals surface area contributed by atoms with Crippen molar-refractivity contribution >= 4 is 84.4 Å². The largest absolute Gasteiger partial charge is 0.413 e. The van der Waals surface area contributed by atoms with Crippen LogP contribution in [0.25, 0.3) is 0 Å². The number of hydrogen-bond donors (Lipinski definition) is 2. The molecule has 0 saturated heterocycles. The van der Waals surface area contributed by atoms with Gasteiger partial charge in [0.1, 0.15) is 19.2 Å². The first kappa shape index (κ1) is 131. The molecule has 147 heavy (non-hydrogen) atoms. The van der Waals surface area contributed by atoms with Crippen molar-refractivity contribution in [2.45, 2.75) is 456 Å². The molecule has 12 rings (SSSR count). The highest BCUT2D eigenvalue weighted by Crippen LogP contribution is 2.62. The summed E-state index contributed by atoms with van der Waals surface area (Å²) in [5.41, 5.74) is 12.4. The Morgan fingerprint density at radius 1 is 0.510 bits per heavy atom. The summed E-state index contributed by atoms with van der Waals surface area (Å²) in [6.45, 7) is 85.2. The fourth-order valence-electron chi connectivity index (χ4n) is 24.4. The number of Topliss-reactive ketones (excluding diaryl/α,β-unsaturated/α-hetero) is 1. The molecule has 6 saturated carbocycles. The number of rotatable bonds is 27. The van der Waals surface area contributed by atoms with Crippen LogP contribution in [0.3, 0.4) is 0 Å². The van der Waals surface area contributed by atoms with Crippen molar-refractivity contribution in [1.82, 2.24) is 0 Å². The maximum atomic E-state index is 14.7. The van der Waals surface area contributed by atoms with Gasteiger partial charge in [-0.15, -0.1) is 0 Å². The lowest BCUT2D eigenvalue weighted by atomic mass is 9.60. The zero-order chi connectivity index (χ0) is 112. The fraction of sp³-hybridized carbons (Fsp3) is 0.696. The van der Waals surface area contributed by atoms with E-state index in [1.54, 1.807) is 94.2 Å². The number of hydrogen-bond acceptors (Lipinski definition) is 15. The van der Waals surface area contributed by atoms with Crippen LogP contribution in [0.4, 0.5) is 0 Å². The molecule has 0 aromatic heterocycles. The van der Waals surface area contributed by atoms with Crippen molar-refractivity contribution < 1.29 is 67.8 Å². The lowest BCUT2D eigenvalue weighted by Crippen LogP contribution is -2.49. The Morgan fingerprint density at radius 2 is 0.878 bits per heavy atom. The molecule has 0 amide bonds. The van der Waals surface area contributed by atoms with Gasteiger partial charge in [-0.2, -0.15) is 0 Å². The molecule has 2 N–H and O–H groups in total. The van der Waals surface area contributed by atoms with Crippen LogP contribution in [0.1, 0.15) is 376 Å². The fourth-order valence-corrected chi connectivity index (χ4v) is 33.4. The quantitative estimate of drug-likeness (QED) is 0.0366. The molecular formula is C125H204O15P2S3Si2. The smallest absolute Gasteiger partial charge is 0.192 e. The number of aldehydes is 1. The Hall–Kier alpha value is -4.93. The van der Waals surface area contributed by atoms with Gasteiger partial charge in [-0.05, 0) is 333 Å². The van der Waals surface area contributed by atoms with Crippen LogP contribution in [0, 0.1) is 80.8 Å². The van der Waals surface area contributed by atoms with Crippen LogP contribution in [-0.2, 0) is 61.8 Å². The van der Waals surface area contributed by atoms with E-state index in [0.29, 0.717) is 92.5 Å². The number of ketones is 1. The highest BCUT2D eigenvalue weighted by molar-refractivity contribution is 7.97. The molecule has 0 spiro atoms. The number of aliphatic hydroxyl groups excluding tert-OH is 2. The average molecular weight is 2160 g/mol. The van der Waals surface area contributed by atoms with Crippen molar-refractivity contribution in [2.24, 2.45) is 80.8 Å². The first-order valence-electron chi connectivity index (χ1n) is 56.0. The van der Waals surface area contributed by atoms with Crippen LogP contribution in [0.15, 0.2) is 199 Å². The molecule has 0 bridgehead atoms. The summed E-state index contributed by atoms with van der Waals surface area (Å²) in [4.78, 5) is 24.4. The molecule has 4 unspecified atom stereocenters. The molecule has 10 aliphatic rings. The van der Waals surface area contributed by atoms with E-state index in [1.807, 2.05) is 107 Å². The molecule has 830 valence electrons. The number of aliphatic hydroxyl groups is 2. The number of allylic oxidation sites excluding steroid dienone is 18. The molecular weight excluding hydrogens is 1960 g/mol. The van der Waals surface area contributed by atoms with Crippen LogP contribution >= 0.6 is 15.6 Å². The Morgan fingerprint density at radius 3 is 1.26 bits per heavy atom. The van der Waals surface area contributed by atoms with E-state index in [2.05, 4.69) is 193 Å². The Labute approximate surface area is 901 Å². The zero-order valence-electron chi connectivity index (χ0n) is 98.6. The standard InChI is InChI=1S/C33H51O3PSi2.C29H44O4S.C21H36O2S.C20H32O3S.C15H24O.C4H10O.C3H7OP/c1-26-27(22-23-37(34,29-18-14-12-15-19-29)30-20-16-13-17-21-30)24-28(35-38(8,9)32(2,3)4)25-31(26)36-39(10,11)33(5,6)7;1-19(10-11-20(2)34(32,33)28(4,5)6)25-14-15-26-22(9-8-16-29(25,26)7)12-13-23-17-24(30)18-27(31)21(23)3;1-15-9-8-14-21(7)18(15)12-13-19(21)16(2)10-11-17(3)24(22,23)20(4,5)6;1-14(9-10-15(2)24(22,23)19(3,4)5)16-11-12-17-18(21)8-7-13-20(16,17)6;1-11-5-4-9-15(3)13(11)6-7-14(15)12(2)8-10-16;1-3-5-4-2;1-3(2)5-4/h12-22,28,31H,1,23-25H2,2-11H3;11-14,19,24,26-27,30-31H,3,8-10,15-18H2,1-2,4-7H3;11,13,15-16,18H,8-10,12,14H2,1-7H3;10-11,14,17H,7-9,12-13H2,1-6H3;7,10-13H,4-6,8-9H2,1-3H3;3-4H2,1-2H3;3H,1-2H3/b27-22-;20-11+,22-12+,23-13-;17-11+;15-10+;;;/t;19-,24?,26+,27?,29-;15-,16+,18-,21-;14-,17+,20-;11-,12+,13-,15-;;/m.1010../s1. The third kappa shape index (κ3) is 32.7. The van der Waals surface area contributed by atoms with Crippen molar-refractivity contribution in [3.8, 4) is 0 Å². The van der Waals surface area contributed by atoms with Crippen molar-refractivity contribution in [3.63, 3.8) is 0 Å². The van der Waals surface area contributed by atoms with Crippen LogP contribution in [0.2, 0.25) is 36.3 Å². The maximum absolute atomic E-state index is 14.7. The van der Waals surface area contributed by atoms with Crippen molar-refractivity contribution in [2.75, 3.05) is 19.4 Å². The first-order chi connectivity index (χ1) is 67.6. The second kappa shape index (κ2) is 53.7. The topological polar surface area (TPSA) is 239 Å². The van der Waals surface area contributed by atoms with Gasteiger partial charge >= 0.3 is 0 Å². The minimum absolute atomic E-state index is 0.0145. The number of sulfone groups is 3. The number of ether oxygens (including phenoxy) is 1. The third-order valence-corrected chi connectivity index (χ3v) is 56.2. The highest BCUT2D eigenvalue weighted by Gasteiger charge is 2.53. The van der Waals surface area contributed by atoms with Gasteiger partial charge in [0, 0.05) is 82.0 Å². The number of fused-ring (bicyclic) bond motifs is 4. The molecule has 18 atom stereocenters. The van der Waals surface area contributed by atoms with E-state index >= 15 is 0 Å². The average Bonchev–Trinajstić information content (AvgIpc) is 1.59. The van der Waals surface area contributed by atoms with Gasteiger partial charge in [0.25, 0.3) is 0 Å². The minimum atomic E-state index is -3.29. The summed E-state index contributed by atoms with van der Waals surface area (Å²) < 4.78 is 116. The molecule has 6 fully saturated rings. The molecule has 15 nitrogen and oxygen atoms in total. The van der Waals surface area contributed by atoms with Gasteiger partial charge in [0.2, 0.25) is 0 Å². The van der Waals surface area contributed by atoms with Crippen LogP contribution in [0.5, 0.6) is 0 Å². The minimum Gasteiger partial charge on any atom is -0.413 e. The molecule has 22 heteroatoms. The first-order valence-corrected chi connectivity index (χ1v) is 69.0. The molecule has 0 aliphatic heterocycles. The number of carbonyl (C=O) groups excluding carboxylic acids is 2. The summed E-state index contributed by atoms with van der Waals surface area (Å²) in [5.74, 6) is 5.74. The number of benzene rings is 2. The predicted molar refractivity (Wildman–Crippen MR) is 631 cm³/mol. The molecule has 0 radical (unpaired) electrons. The zero-order valence-corrected chi connectivity index (χ0v) is 105. The maximum Gasteiger partial charge on any atom is 0.192 e. The summed E-state index contributed by atoms with van der Waals surface area (Å²) in [6.07, 6.45) is 46.1. The summed E-state index contributed by atoms with van der Waals surface area (Å²) in [5, 5.41) is 22.2. The molecule has 2 aromatic carbocycles. The van der Waals surface area contributed by atoms with Gasteiger partial charge in [0.15, 0.2) is 54.6 Å². The van der Waals surface area contributed by atoms with Gasteiger partial charge < -0.3 is 33.2 Å². The van der Waals surface area contributed by atoms with Gasteiger partial charge in [-0.1, -0.05) is 313 Å². The summed E-state index contributed by atoms with van der Waals surface area (Å²) >= 11 is 0. The van der Waals surface area contributed by atoms with E-state index < -0.39 is 79.7 Å². The van der Waals surface area contributed by atoms with Gasteiger partial charge in [-0.3, -0.25) is 9.36 Å². The second-order valence-corrected chi connectivity index (χ2v) is 74.5. The summed E-state index contributed by atoms with van der Waals surface area (Å²) in [7, 11) is -16.4. The Bertz CT molecular complexity index is 5470. The third-order valence-electron chi connectivity index (χ3n) is 35.9. The highest BCUT2D eigenvalue weighted by atomic mass is 32.2. The van der Waals surface area contributed by atoms with Gasteiger partial charge in [0.05, 0.1) is 38.7 Å². The molecule has 0 heterocycles. The SMILES string of the molecule is C/C(=C\C[C@@H](C)C1=CC[C@H]2C(=O)CCC[C@]12C)S(=O)(=O)C(C)(C)C.C/C(=C\C[C@@H](C)C1=CC[C@H]2[C@@H](C)CCC[C@]12C)S(=O)(=O)C(C)(C)C.C=C1/C(=C\C=C2/CCC[C@]3(C)C([C@H](C)C/C=C(\C)S(=O)(=O)C(C)(C)C)=CC[C@@H]23)CC(O)CC1O.C=C1/C(=C\CP(=O)(c2ccccc2)c2ccccc2)CC(O[Si](C)(C)C(C)(C)C)CC1O[Si](C)(C)C(C)(C)C.CC(C)P=O.CCOCC.C[C@H](CC=O)C1=CC[C@H]2[C@@H](C)CCC[C@]12C. The van der Waals surface area contributed by atoms with Crippen LogP contribution < -0.4 is 10.6 Å². The molecule has 2 aromatic rings. The monoisotopic (exact) mass is 2160 g/mol. The van der Waals surface area contributed by atoms with Crippen molar-refractivity contribution in [1.29, 1.82) is 0 Å². The van der Waals surface area contributed by atoms with Crippen LogP contribution in [-0.4, -0.2) is 128 Å². The predicted octanol–water partition coefficient (Wildman–Crippen LogP) is 32.7. The van der Waals surface area contributed by atoms with Crippen molar-refractivity contribution in [3.05, 3.63) is 199 Å². The van der Waals surface area contributed by atoms with E-state index in [9.17, 15) is 54.2 Å². The lowest BCUT2D eigenvalue weighted by Gasteiger charge is -2.45. The van der Waals surface area contributed by atoms with Gasteiger partial charge in [-0.25, -0.2) is 25.3 Å². The lowest BCUT2D eigenvalue weighted by molar-refractivity contribution is -0.128. The van der Waals surface area contributed by atoms with E-state index in [-0.39, 0.29) is 53.4 Å². The normalized spacial score (nSPS) is 28.8. The summed E-state index contributed by atoms with van der Waals surface area (Å²) in [6, 6.07) is 19.8. The molecule has 10 aliphatic carbocycles. The second-order valence-electron chi connectivity index (χ2n) is 52.2. The Kier molecular flexibility index (Phi) is 47.7. The van der Waals surface area contributed by atoms with E-state index in [1.165, 1.54) is 68.1 Å². The number of carbonyl (C=O) groups is 2. The van der Waals surface area contributed by atoms with E-state index in [0.717, 1.165) is 153 Å². The van der Waals surface area contributed by atoms with E-state index in [4.69, 9.17) is 13.6 Å².